The number of aromatic nitrogens is 2. The van der Waals surface area contributed by atoms with Gasteiger partial charge in [-0.2, -0.15) is 0 Å². The van der Waals surface area contributed by atoms with Crippen LogP contribution in [-0.4, -0.2) is 62.9 Å². The fourth-order valence-corrected chi connectivity index (χ4v) is 3.11. The molecule has 27 heavy (non-hydrogen) atoms. The van der Waals surface area contributed by atoms with Crippen molar-refractivity contribution in [2.24, 2.45) is 0 Å². The van der Waals surface area contributed by atoms with Gasteiger partial charge < -0.3 is 15.2 Å². The number of H-pyrrole nitrogens is 1. The molecule has 0 bridgehead atoms. The molecule has 1 fully saturated rings. The van der Waals surface area contributed by atoms with Crippen LogP contribution in [0.5, 0.6) is 0 Å². The molecule has 150 valence electrons. The van der Waals surface area contributed by atoms with Crippen molar-refractivity contribution < 1.29 is 19.4 Å². The average Bonchev–Trinajstić information content (AvgIpc) is 2.89. The van der Waals surface area contributed by atoms with Gasteiger partial charge in [0.2, 0.25) is 0 Å². The molecule has 0 radical (unpaired) electrons. The van der Waals surface area contributed by atoms with Crippen LogP contribution in [0.3, 0.4) is 0 Å². The van der Waals surface area contributed by atoms with Crippen LogP contribution in [0.4, 0.5) is 4.79 Å². The van der Waals surface area contributed by atoms with Crippen LogP contribution in [0.2, 0.25) is 0 Å². The first-order valence-electron chi connectivity index (χ1n) is 8.71. The van der Waals surface area contributed by atoms with Crippen molar-refractivity contribution in [3.63, 3.8) is 0 Å². The van der Waals surface area contributed by atoms with E-state index in [1.54, 1.807) is 32.6 Å². The molecule has 1 aromatic rings. The van der Waals surface area contributed by atoms with Gasteiger partial charge in [-0.15, -0.1) is 0 Å². The third-order valence-electron chi connectivity index (χ3n) is 4.26. The second-order valence-corrected chi connectivity index (χ2v) is 7.73. The van der Waals surface area contributed by atoms with Gasteiger partial charge >= 0.3 is 17.8 Å². The second-order valence-electron chi connectivity index (χ2n) is 7.73. The number of carbonyl (C=O) groups excluding carboxylic acids is 1. The number of likely N-dealkylation sites (tertiary alicyclic amines) is 1. The number of amides is 1. The Bertz CT molecular complexity index is 822. The largest absolute Gasteiger partial charge is 0.480 e. The van der Waals surface area contributed by atoms with E-state index >= 15 is 0 Å². The Balaban J connectivity index is 2.13. The molecular weight excluding hydrogens is 356 g/mol. The Morgan fingerprint density at radius 3 is 2.63 bits per heavy atom. The number of nitrogens with zero attached hydrogens (tertiary/aromatic N) is 2. The zero-order valence-corrected chi connectivity index (χ0v) is 15.9. The van der Waals surface area contributed by atoms with Crippen molar-refractivity contribution in [3.05, 3.63) is 32.6 Å². The SMILES string of the molecule is Cc1cn([C@@H]2C[C@H](CNC(=O)OC(C)(C)C)N(CC(=O)O)C2)c(=O)[nH]c1=O. The zero-order valence-electron chi connectivity index (χ0n) is 15.9. The monoisotopic (exact) mass is 382 g/mol. The molecule has 1 saturated heterocycles. The normalized spacial score (nSPS) is 20.4. The lowest BCUT2D eigenvalue weighted by molar-refractivity contribution is -0.138. The summed E-state index contributed by atoms with van der Waals surface area (Å²) in [7, 11) is 0. The van der Waals surface area contributed by atoms with Crippen LogP contribution in [-0.2, 0) is 9.53 Å². The van der Waals surface area contributed by atoms with Gasteiger partial charge in [-0.05, 0) is 34.1 Å². The predicted octanol–water partition coefficient (Wildman–Crippen LogP) is 0.0697. The Labute approximate surface area is 156 Å². The number of carboxylic acids is 1. The molecule has 1 aliphatic rings. The van der Waals surface area contributed by atoms with Crippen LogP contribution in [0.15, 0.2) is 15.8 Å². The maximum absolute atomic E-state index is 12.1. The summed E-state index contributed by atoms with van der Waals surface area (Å²) in [4.78, 5) is 50.7. The lowest BCUT2D eigenvalue weighted by atomic mass is 10.1. The number of nitrogens with one attached hydrogen (secondary N) is 2. The lowest BCUT2D eigenvalue weighted by Crippen LogP contribution is -2.43. The molecule has 0 aromatic carbocycles. The topological polar surface area (TPSA) is 134 Å². The smallest absolute Gasteiger partial charge is 0.407 e. The molecule has 0 aliphatic carbocycles. The number of carboxylic acid groups (broad SMARTS) is 1. The summed E-state index contributed by atoms with van der Waals surface area (Å²) in [6, 6.07) is -0.587. The number of ether oxygens (including phenoxy) is 1. The summed E-state index contributed by atoms with van der Waals surface area (Å²) in [6.45, 7) is 7.14. The fraction of sp³-hybridized carbons (Fsp3) is 0.647. The van der Waals surface area contributed by atoms with Crippen molar-refractivity contribution >= 4 is 12.1 Å². The molecule has 3 N–H and O–H groups in total. The highest BCUT2D eigenvalue weighted by Gasteiger charge is 2.35. The Hall–Kier alpha value is -2.62. The van der Waals surface area contributed by atoms with Gasteiger partial charge in [0.1, 0.15) is 5.60 Å². The van der Waals surface area contributed by atoms with E-state index in [0.29, 0.717) is 18.5 Å². The van der Waals surface area contributed by atoms with Gasteiger partial charge in [-0.25, -0.2) is 9.59 Å². The summed E-state index contributed by atoms with van der Waals surface area (Å²) in [5.74, 6) is -0.997. The molecule has 1 amide bonds. The number of aliphatic carboxylic acids is 1. The molecular formula is C17H26N4O6. The number of alkyl carbamates (subject to hydrolysis) is 1. The van der Waals surface area contributed by atoms with Gasteiger partial charge in [0.15, 0.2) is 0 Å². The lowest BCUT2D eigenvalue weighted by Gasteiger charge is -2.24. The van der Waals surface area contributed by atoms with E-state index < -0.39 is 28.9 Å². The van der Waals surface area contributed by atoms with Gasteiger partial charge in [-0.1, -0.05) is 0 Å². The molecule has 2 rings (SSSR count). The molecule has 10 nitrogen and oxygen atoms in total. The van der Waals surface area contributed by atoms with E-state index in [-0.39, 0.29) is 25.2 Å². The Kier molecular flexibility index (Phi) is 6.09. The summed E-state index contributed by atoms with van der Waals surface area (Å²) < 4.78 is 6.61. The highest BCUT2D eigenvalue weighted by molar-refractivity contribution is 5.69. The van der Waals surface area contributed by atoms with Gasteiger partial charge in [0.25, 0.3) is 5.56 Å². The molecule has 2 heterocycles. The van der Waals surface area contributed by atoms with E-state index in [4.69, 9.17) is 9.84 Å². The first kappa shape index (κ1) is 20.7. The van der Waals surface area contributed by atoms with E-state index in [9.17, 15) is 19.2 Å². The average molecular weight is 382 g/mol. The molecule has 10 heteroatoms. The summed E-state index contributed by atoms with van der Waals surface area (Å²) in [6.07, 6.45) is 1.35. The van der Waals surface area contributed by atoms with Crippen LogP contribution in [0.25, 0.3) is 0 Å². The van der Waals surface area contributed by atoms with Crippen molar-refractivity contribution in [2.75, 3.05) is 19.6 Å². The van der Waals surface area contributed by atoms with Gasteiger partial charge in [-0.3, -0.25) is 24.0 Å². The maximum Gasteiger partial charge on any atom is 0.407 e. The predicted molar refractivity (Wildman–Crippen MR) is 96.9 cm³/mol. The van der Waals surface area contributed by atoms with Crippen LogP contribution in [0.1, 0.15) is 38.8 Å². The van der Waals surface area contributed by atoms with Crippen molar-refractivity contribution in [2.45, 2.75) is 51.8 Å². The van der Waals surface area contributed by atoms with Crippen molar-refractivity contribution in [1.82, 2.24) is 19.8 Å². The zero-order chi connectivity index (χ0) is 20.4. The second kappa shape index (κ2) is 7.95. The summed E-state index contributed by atoms with van der Waals surface area (Å²) in [5.41, 5.74) is -1.22. The summed E-state index contributed by atoms with van der Waals surface area (Å²) in [5, 5.41) is 11.8. The standard InChI is InChI=1S/C17H26N4O6/c1-10-7-21(15(25)19-14(10)24)12-5-11(20(8-12)9-13(22)23)6-18-16(26)27-17(2,3)4/h7,11-12H,5-6,8-9H2,1-4H3,(H,18,26)(H,22,23)(H,19,24,25)/t11-,12-/m1/s1. The van der Waals surface area contributed by atoms with E-state index in [0.717, 1.165) is 0 Å². The first-order valence-corrected chi connectivity index (χ1v) is 8.71. The van der Waals surface area contributed by atoms with E-state index in [2.05, 4.69) is 10.3 Å². The van der Waals surface area contributed by atoms with E-state index in [1.165, 1.54) is 10.8 Å². The minimum atomic E-state index is -0.997. The third kappa shape index (κ3) is 5.68. The minimum absolute atomic E-state index is 0.190. The molecule has 1 aliphatic heterocycles. The van der Waals surface area contributed by atoms with Crippen molar-refractivity contribution in [3.8, 4) is 0 Å². The summed E-state index contributed by atoms with van der Waals surface area (Å²) >= 11 is 0. The molecule has 1 aromatic heterocycles. The highest BCUT2D eigenvalue weighted by Crippen LogP contribution is 2.26. The Morgan fingerprint density at radius 2 is 2.04 bits per heavy atom. The number of aryl methyl sites for hydroxylation is 1. The number of aromatic amines is 1. The molecule has 2 atom stereocenters. The number of hydrogen-bond donors (Lipinski definition) is 3. The fourth-order valence-electron chi connectivity index (χ4n) is 3.11. The minimum Gasteiger partial charge on any atom is -0.480 e. The van der Waals surface area contributed by atoms with Crippen LogP contribution >= 0.6 is 0 Å². The van der Waals surface area contributed by atoms with Gasteiger partial charge in [0.05, 0.1) is 12.6 Å². The Morgan fingerprint density at radius 1 is 1.37 bits per heavy atom. The van der Waals surface area contributed by atoms with Crippen molar-refractivity contribution in [1.29, 1.82) is 0 Å². The third-order valence-corrected chi connectivity index (χ3v) is 4.26. The number of rotatable bonds is 5. The molecule has 0 unspecified atom stereocenters. The maximum atomic E-state index is 12.1. The van der Waals surface area contributed by atoms with Gasteiger partial charge in [0, 0.05) is 30.9 Å². The number of hydrogen-bond acceptors (Lipinski definition) is 6. The quantitative estimate of drug-likeness (QED) is 0.656. The highest BCUT2D eigenvalue weighted by atomic mass is 16.6. The first-order chi connectivity index (χ1) is 12.5. The number of carbonyl (C=O) groups is 2. The molecule has 0 spiro atoms. The molecule has 0 saturated carbocycles. The van der Waals surface area contributed by atoms with Crippen LogP contribution < -0.4 is 16.6 Å². The van der Waals surface area contributed by atoms with E-state index in [1.807, 2.05) is 0 Å². The van der Waals surface area contributed by atoms with Crippen LogP contribution in [0, 0.1) is 6.92 Å².